The molecule has 10 heteroatoms. The van der Waals surface area contributed by atoms with E-state index in [-0.39, 0.29) is 24.4 Å². The molecule has 8 nitrogen and oxygen atoms in total. The third-order valence-electron chi connectivity index (χ3n) is 5.02. The SMILES string of the molecule is CS(=O)(=O)CCN1C[C@H](c2cccc(Oc3cnccn3)c2)N(c2ccc(Cl)cc2)C1=O. The molecule has 2 heterocycles. The second kappa shape index (κ2) is 9.13. The van der Waals surface area contributed by atoms with Crippen molar-refractivity contribution in [2.24, 2.45) is 0 Å². The molecule has 32 heavy (non-hydrogen) atoms. The molecule has 1 saturated heterocycles. The number of sulfone groups is 1. The first-order chi connectivity index (χ1) is 15.3. The molecule has 4 rings (SSSR count). The number of rotatable bonds is 7. The van der Waals surface area contributed by atoms with Crippen molar-refractivity contribution in [1.82, 2.24) is 14.9 Å². The molecular formula is C22H21ClN4O4S. The molecular weight excluding hydrogens is 452 g/mol. The number of carbonyl (C=O) groups is 1. The topological polar surface area (TPSA) is 92.7 Å². The van der Waals surface area contributed by atoms with Crippen LogP contribution in [0, 0.1) is 0 Å². The predicted molar refractivity (Wildman–Crippen MR) is 122 cm³/mol. The van der Waals surface area contributed by atoms with Gasteiger partial charge in [-0.25, -0.2) is 18.2 Å². The second-order valence-corrected chi connectivity index (χ2v) is 10.1. The molecule has 1 fully saturated rings. The highest BCUT2D eigenvalue weighted by Gasteiger charge is 2.39. The normalized spacial score (nSPS) is 16.4. The minimum absolute atomic E-state index is 0.101. The van der Waals surface area contributed by atoms with Crippen molar-refractivity contribution in [2.45, 2.75) is 6.04 Å². The molecule has 1 aliphatic heterocycles. The lowest BCUT2D eigenvalue weighted by molar-refractivity contribution is 0.223. The van der Waals surface area contributed by atoms with Gasteiger partial charge in [-0.15, -0.1) is 0 Å². The highest BCUT2D eigenvalue weighted by molar-refractivity contribution is 7.90. The van der Waals surface area contributed by atoms with E-state index in [1.54, 1.807) is 46.3 Å². The van der Waals surface area contributed by atoms with Crippen LogP contribution in [0.2, 0.25) is 5.02 Å². The fraction of sp³-hybridized carbons (Fsp3) is 0.227. The van der Waals surface area contributed by atoms with Gasteiger partial charge in [0.05, 0.1) is 18.0 Å². The number of hydrogen-bond donors (Lipinski definition) is 0. The summed E-state index contributed by atoms with van der Waals surface area (Å²) < 4.78 is 29.1. The van der Waals surface area contributed by atoms with Gasteiger partial charge in [-0.05, 0) is 42.0 Å². The molecule has 0 radical (unpaired) electrons. The van der Waals surface area contributed by atoms with Gasteiger partial charge in [-0.1, -0.05) is 23.7 Å². The quantitative estimate of drug-likeness (QED) is 0.517. The van der Waals surface area contributed by atoms with Gasteiger partial charge >= 0.3 is 6.03 Å². The second-order valence-electron chi connectivity index (χ2n) is 7.44. The standard InChI is InChI=1S/C22H21ClN4O4S/c1-32(29,30)12-11-26-15-20(27(22(26)28)18-7-5-17(23)6-8-18)16-3-2-4-19(13-16)31-21-14-24-9-10-25-21/h2-10,13-14,20H,11-12,15H2,1H3/t20-/m1/s1. The highest BCUT2D eigenvalue weighted by Crippen LogP contribution is 2.36. The van der Waals surface area contributed by atoms with E-state index in [2.05, 4.69) is 9.97 Å². The third-order valence-corrected chi connectivity index (χ3v) is 6.20. The number of urea groups is 1. The summed E-state index contributed by atoms with van der Waals surface area (Å²) in [6.45, 7) is 0.458. The maximum atomic E-state index is 13.2. The third kappa shape index (κ3) is 5.17. The van der Waals surface area contributed by atoms with Gasteiger partial charge in [0.1, 0.15) is 15.6 Å². The van der Waals surface area contributed by atoms with Crippen LogP contribution in [0.15, 0.2) is 67.1 Å². The van der Waals surface area contributed by atoms with Gasteiger partial charge in [0.2, 0.25) is 5.88 Å². The lowest BCUT2D eigenvalue weighted by Gasteiger charge is -2.24. The Morgan fingerprint density at radius 2 is 1.94 bits per heavy atom. The van der Waals surface area contributed by atoms with Crippen molar-refractivity contribution in [1.29, 1.82) is 0 Å². The highest BCUT2D eigenvalue weighted by atomic mass is 35.5. The van der Waals surface area contributed by atoms with Crippen molar-refractivity contribution in [2.75, 3.05) is 30.0 Å². The van der Waals surface area contributed by atoms with Crippen LogP contribution in [-0.4, -0.2) is 54.4 Å². The zero-order chi connectivity index (χ0) is 22.7. The Labute approximate surface area is 191 Å². The molecule has 1 aliphatic rings. The number of nitrogens with zero attached hydrogens (tertiary/aromatic N) is 4. The van der Waals surface area contributed by atoms with Crippen LogP contribution in [0.5, 0.6) is 11.6 Å². The number of carbonyl (C=O) groups excluding carboxylic acids is 1. The van der Waals surface area contributed by atoms with E-state index in [1.165, 1.54) is 12.4 Å². The molecule has 3 aromatic rings. The summed E-state index contributed by atoms with van der Waals surface area (Å²) in [5.74, 6) is 0.813. The molecule has 0 saturated carbocycles. The minimum atomic E-state index is -3.21. The van der Waals surface area contributed by atoms with E-state index < -0.39 is 9.84 Å². The molecule has 0 aliphatic carbocycles. The number of ether oxygens (including phenoxy) is 1. The van der Waals surface area contributed by atoms with Crippen LogP contribution >= 0.6 is 11.6 Å². The Hall–Kier alpha value is -3.17. The van der Waals surface area contributed by atoms with Crippen molar-refractivity contribution in [3.05, 3.63) is 77.7 Å². The lowest BCUT2D eigenvalue weighted by Crippen LogP contribution is -2.35. The Morgan fingerprint density at radius 1 is 1.16 bits per heavy atom. The van der Waals surface area contributed by atoms with Gasteiger partial charge in [-0.3, -0.25) is 9.88 Å². The number of anilines is 1. The van der Waals surface area contributed by atoms with Crippen LogP contribution in [-0.2, 0) is 9.84 Å². The van der Waals surface area contributed by atoms with Crippen LogP contribution < -0.4 is 9.64 Å². The van der Waals surface area contributed by atoms with E-state index in [1.807, 2.05) is 18.2 Å². The zero-order valence-corrected chi connectivity index (χ0v) is 18.8. The molecule has 0 spiro atoms. The maximum absolute atomic E-state index is 13.2. The molecule has 0 unspecified atom stereocenters. The summed E-state index contributed by atoms with van der Waals surface area (Å²) in [6.07, 6.45) is 5.77. The summed E-state index contributed by atoms with van der Waals surface area (Å²) >= 11 is 6.03. The Morgan fingerprint density at radius 3 is 2.62 bits per heavy atom. The van der Waals surface area contributed by atoms with E-state index in [4.69, 9.17) is 16.3 Å². The molecule has 0 bridgehead atoms. The van der Waals surface area contributed by atoms with Gasteiger partial charge in [0.25, 0.3) is 0 Å². The zero-order valence-electron chi connectivity index (χ0n) is 17.3. The fourth-order valence-corrected chi connectivity index (χ4v) is 4.19. The minimum Gasteiger partial charge on any atom is -0.437 e. The number of halogens is 1. The summed E-state index contributed by atoms with van der Waals surface area (Å²) in [6, 6.07) is 13.8. The summed E-state index contributed by atoms with van der Waals surface area (Å²) in [5.41, 5.74) is 1.52. The molecule has 2 amide bonds. The van der Waals surface area contributed by atoms with E-state index >= 15 is 0 Å². The van der Waals surface area contributed by atoms with E-state index in [9.17, 15) is 13.2 Å². The monoisotopic (exact) mass is 472 g/mol. The molecule has 0 N–H and O–H groups in total. The predicted octanol–water partition coefficient (Wildman–Crippen LogP) is 3.95. The van der Waals surface area contributed by atoms with Gasteiger partial charge in [0.15, 0.2) is 0 Å². The first-order valence-electron chi connectivity index (χ1n) is 9.85. The Bertz CT molecular complexity index is 1210. The molecule has 1 atom stereocenters. The average molecular weight is 473 g/mol. The molecule has 1 aromatic heterocycles. The number of hydrogen-bond acceptors (Lipinski definition) is 6. The fourth-order valence-electron chi connectivity index (χ4n) is 3.51. The van der Waals surface area contributed by atoms with Crippen molar-refractivity contribution >= 4 is 33.2 Å². The molecule has 2 aromatic carbocycles. The molecule has 166 valence electrons. The van der Waals surface area contributed by atoms with Gasteiger partial charge in [0, 0.05) is 42.4 Å². The summed E-state index contributed by atoms with van der Waals surface area (Å²) in [7, 11) is -3.21. The van der Waals surface area contributed by atoms with E-state index in [0.29, 0.717) is 28.9 Å². The smallest absolute Gasteiger partial charge is 0.325 e. The number of aromatic nitrogens is 2. The number of benzene rings is 2. The largest absolute Gasteiger partial charge is 0.437 e. The first-order valence-corrected chi connectivity index (χ1v) is 12.3. The van der Waals surface area contributed by atoms with Crippen molar-refractivity contribution in [3.8, 4) is 11.6 Å². The lowest BCUT2D eigenvalue weighted by atomic mass is 10.1. The Kier molecular flexibility index (Phi) is 6.29. The maximum Gasteiger partial charge on any atom is 0.325 e. The first kappa shape index (κ1) is 22.0. The van der Waals surface area contributed by atoms with Crippen molar-refractivity contribution in [3.63, 3.8) is 0 Å². The summed E-state index contributed by atoms with van der Waals surface area (Å²) in [5, 5.41) is 0.560. The van der Waals surface area contributed by atoms with Gasteiger partial charge < -0.3 is 9.64 Å². The number of amides is 2. The van der Waals surface area contributed by atoms with Crippen LogP contribution in [0.1, 0.15) is 11.6 Å². The van der Waals surface area contributed by atoms with E-state index in [0.717, 1.165) is 11.8 Å². The van der Waals surface area contributed by atoms with Crippen LogP contribution in [0.4, 0.5) is 10.5 Å². The summed E-state index contributed by atoms with van der Waals surface area (Å²) in [4.78, 5) is 24.6. The van der Waals surface area contributed by atoms with Crippen LogP contribution in [0.3, 0.4) is 0 Å². The van der Waals surface area contributed by atoms with Crippen LogP contribution in [0.25, 0.3) is 0 Å². The van der Waals surface area contributed by atoms with Crippen molar-refractivity contribution < 1.29 is 17.9 Å². The van der Waals surface area contributed by atoms with Gasteiger partial charge in [-0.2, -0.15) is 0 Å². The Balaban J connectivity index is 1.65. The average Bonchev–Trinajstić information content (AvgIpc) is 3.10.